The van der Waals surface area contributed by atoms with Crippen LogP contribution in [-0.4, -0.2) is 34.5 Å². The number of nitrogens with zero attached hydrogens (tertiary/aromatic N) is 3. The summed E-state index contributed by atoms with van der Waals surface area (Å²) in [4.78, 5) is 12.3. The van der Waals surface area contributed by atoms with Crippen LogP contribution in [0.2, 0.25) is 0 Å². The van der Waals surface area contributed by atoms with Crippen LogP contribution in [-0.2, 0) is 0 Å². The topological polar surface area (TPSA) is 41.0 Å². The van der Waals surface area contributed by atoms with E-state index in [0.717, 1.165) is 27.1 Å². The van der Waals surface area contributed by atoms with E-state index in [1.807, 2.05) is 17.8 Å². The molecule has 1 fully saturated rings. The molecule has 6 heteroatoms. The Kier molecular flexibility index (Phi) is 5.97. The van der Waals surface area contributed by atoms with Crippen LogP contribution in [0.4, 0.5) is 11.4 Å². The molecule has 4 nitrogen and oxygen atoms in total. The van der Waals surface area contributed by atoms with Crippen molar-refractivity contribution < 1.29 is 0 Å². The first-order valence-corrected chi connectivity index (χ1v) is 11.2. The first-order chi connectivity index (χ1) is 13.3. The number of pyridine rings is 1. The fourth-order valence-corrected chi connectivity index (χ4v) is 4.77. The molecule has 140 valence electrons. The Morgan fingerprint density at radius 1 is 1.04 bits per heavy atom. The maximum absolute atomic E-state index is 4.35. The van der Waals surface area contributed by atoms with Gasteiger partial charge in [0.2, 0.25) is 0 Å². The molecular formula is C21H24N4S2. The van der Waals surface area contributed by atoms with E-state index in [-0.39, 0.29) is 0 Å². The van der Waals surface area contributed by atoms with Gasteiger partial charge in [0, 0.05) is 17.3 Å². The molecule has 0 amide bonds. The molecule has 3 aromatic heterocycles. The number of nitrogens with one attached hydrogen (secondary N) is 1. The third kappa shape index (κ3) is 4.46. The van der Waals surface area contributed by atoms with Crippen molar-refractivity contribution in [3.05, 3.63) is 47.4 Å². The molecule has 1 N–H and O–H groups in total. The molecule has 4 heterocycles. The number of hydrogen-bond acceptors (Lipinski definition) is 6. The second kappa shape index (κ2) is 8.78. The second-order valence-electron chi connectivity index (χ2n) is 6.65. The number of thiazole rings is 1. The summed E-state index contributed by atoms with van der Waals surface area (Å²) < 4.78 is 1.21. The molecule has 1 saturated heterocycles. The van der Waals surface area contributed by atoms with Crippen LogP contribution in [0.15, 0.2) is 47.4 Å². The highest BCUT2D eigenvalue weighted by molar-refractivity contribution is 7.17. The Labute approximate surface area is 167 Å². The number of fused-ring (bicyclic) bond motifs is 2. The summed E-state index contributed by atoms with van der Waals surface area (Å²) in [6.07, 6.45) is 6.14. The molecule has 0 radical (unpaired) electrons. The Morgan fingerprint density at radius 2 is 1.93 bits per heavy atom. The lowest BCUT2D eigenvalue weighted by Gasteiger charge is -2.24. The Hall–Kier alpha value is -2.02. The molecule has 1 aromatic carbocycles. The summed E-state index contributed by atoms with van der Waals surface area (Å²) in [6, 6.07) is 10.3. The first kappa shape index (κ1) is 18.3. The fraction of sp³-hybridized carbons (Fsp3) is 0.333. The van der Waals surface area contributed by atoms with Crippen molar-refractivity contribution in [3.63, 3.8) is 0 Å². The lowest BCUT2D eigenvalue weighted by Crippen LogP contribution is -2.29. The smallest absolute Gasteiger partial charge is 0.125 e. The van der Waals surface area contributed by atoms with E-state index in [9.17, 15) is 0 Å². The van der Waals surface area contributed by atoms with E-state index in [4.69, 9.17) is 0 Å². The maximum atomic E-state index is 4.35. The van der Waals surface area contributed by atoms with Gasteiger partial charge in [-0.1, -0.05) is 13.3 Å². The van der Waals surface area contributed by atoms with Gasteiger partial charge in [0.25, 0.3) is 0 Å². The summed E-state index contributed by atoms with van der Waals surface area (Å²) in [5.74, 6) is 0. The number of anilines is 2. The Balaban J connectivity index is 0.000000190. The number of likely N-dealkylation sites (tertiary alicyclic amines) is 1. The van der Waals surface area contributed by atoms with Crippen LogP contribution in [0, 0.1) is 0 Å². The van der Waals surface area contributed by atoms with Crippen LogP contribution in [0.5, 0.6) is 0 Å². The summed E-state index contributed by atoms with van der Waals surface area (Å²) in [5, 5.41) is 6.67. The summed E-state index contributed by atoms with van der Waals surface area (Å²) >= 11 is 3.31. The highest BCUT2D eigenvalue weighted by Gasteiger charge is 2.06. The Morgan fingerprint density at radius 3 is 2.74 bits per heavy atom. The zero-order chi connectivity index (χ0) is 18.5. The van der Waals surface area contributed by atoms with Gasteiger partial charge in [0.1, 0.15) is 4.83 Å². The standard InChI is InChI=1S/C14H9N3S2.C7H15N/c1-2-13-12(16-8-19-13)7-9(1)17-11-3-5-15-14-10(11)4-6-18-14;1-2-8-6-4-3-5-7-8/h1-8H,(H,15,17);2-7H2,1H3. The minimum atomic E-state index is 1.03. The zero-order valence-corrected chi connectivity index (χ0v) is 17.2. The minimum Gasteiger partial charge on any atom is -0.355 e. The van der Waals surface area contributed by atoms with Gasteiger partial charge in [-0.15, -0.1) is 22.7 Å². The van der Waals surface area contributed by atoms with Crippen LogP contribution in [0.3, 0.4) is 0 Å². The molecular weight excluding hydrogens is 372 g/mol. The van der Waals surface area contributed by atoms with Crippen LogP contribution >= 0.6 is 22.7 Å². The van der Waals surface area contributed by atoms with Gasteiger partial charge < -0.3 is 10.2 Å². The lowest BCUT2D eigenvalue weighted by atomic mass is 10.1. The molecule has 27 heavy (non-hydrogen) atoms. The molecule has 0 unspecified atom stereocenters. The second-order valence-corrected chi connectivity index (χ2v) is 8.43. The van der Waals surface area contributed by atoms with Crippen molar-refractivity contribution in [2.75, 3.05) is 25.0 Å². The highest BCUT2D eigenvalue weighted by atomic mass is 32.1. The maximum Gasteiger partial charge on any atom is 0.125 e. The molecule has 0 spiro atoms. The lowest BCUT2D eigenvalue weighted by molar-refractivity contribution is 0.240. The van der Waals surface area contributed by atoms with Crippen molar-refractivity contribution in [3.8, 4) is 0 Å². The molecule has 5 rings (SSSR count). The largest absolute Gasteiger partial charge is 0.355 e. The quantitative estimate of drug-likeness (QED) is 0.451. The van der Waals surface area contributed by atoms with Gasteiger partial charge in [0.15, 0.2) is 0 Å². The molecule has 4 aromatic rings. The predicted molar refractivity (Wildman–Crippen MR) is 118 cm³/mol. The fourth-order valence-electron chi connectivity index (χ4n) is 3.35. The van der Waals surface area contributed by atoms with Crippen molar-refractivity contribution in [1.29, 1.82) is 0 Å². The number of piperidine rings is 1. The molecule has 1 aliphatic heterocycles. The number of rotatable bonds is 3. The van der Waals surface area contributed by atoms with Crippen molar-refractivity contribution in [2.24, 2.45) is 0 Å². The van der Waals surface area contributed by atoms with Gasteiger partial charge in [0.05, 0.1) is 21.4 Å². The van der Waals surface area contributed by atoms with Crippen LogP contribution in [0.1, 0.15) is 26.2 Å². The van der Waals surface area contributed by atoms with Crippen LogP contribution < -0.4 is 5.32 Å². The third-order valence-corrected chi connectivity index (χ3v) is 6.50. The molecule has 0 saturated carbocycles. The highest BCUT2D eigenvalue weighted by Crippen LogP contribution is 2.29. The van der Waals surface area contributed by atoms with E-state index in [1.165, 1.54) is 43.6 Å². The summed E-state index contributed by atoms with van der Waals surface area (Å²) in [6.45, 7) is 6.18. The van der Waals surface area contributed by atoms with Crippen molar-refractivity contribution >= 4 is 54.5 Å². The molecule has 0 atom stereocenters. The van der Waals surface area contributed by atoms with E-state index in [0.29, 0.717) is 0 Å². The van der Waals surface area contributed by atoms with E-state index in [1.54, 1.807) is 22.7 Å². The molecule has 0 aliphatic carbocycles. The Bertz CT molecular complexity index is 1000. The summed E-state index contributed by atoms with van der Waals surface area (Å²) in [7, 11) is 0. The number of benzene rings is 1. The number of hydrogen-bond donors (Lipinski definition) is 1. The van der Waals surface area contributed by atoms with Gasteiger partial charge in [-0.2, -0.15) is 0 Å². The van der Waals surface area contributed by atoms with Gasteiger partial charge in [-0.25, -0.2) is 9.97 Å². The molecule has 0 bridgehead atoms. The van der Waals surface area contributed by atoms with Gasteiger partial charge >= 0.3 is 0 Å². The van der Waals surface area contributed by atoms with Gasteiger partial charge in [-0.3, -0.25) is 0 Å². The average Bonchev–Trinajstić information content (AvgIpc) is 3.38. The number of aromatic nitrogens is 2. The van der Waals surface area contributed by atoms with Gasteiger partial charge in [-0.05, 0) is 68.2 Å². The van der Waals surface area contributed by atoms with Crippen molar-refractivity contribution in [1.82, 2.24) is 14.9 Å². The average molecular weight is 397 g/mol. The minimum absolute atomic E-state index is 1.03. The van der Waals surface area contributed by atoms with E-state index < -0.39 is 0 Å². The molecule has 1 aliphatic rings. The van der Waals surface area contributed by atoms with E-state index in [2.05, 4.69) is 56.8 Å². The van der Waals surface area contributed by atoms with E-state index >= 15 is 0 Å². The summed E-state index contributed by atoms with van der Waals surface area (Å²) in [5.41, 5.74) is 5.04. The van der Waals surface area contributed by atoms with Crippen LogP contribution in [0.25, 0.3) is 20.4 Å². The third-order valence-electron chi connectivity index (χ3n) is 4.87. The zero-order valence-electron chi connectivity index (χ0n) is 15.5. The normalized spacial score (nSPS) is 14.9. The predicted octanol–water partition coefficient (Wildman–Crippen LogP) is 6.14. The SMILES string of the molecule is CCN1CCCCC1.c1cc(Nc2ccc3scnc3c2)c2ccsc2n1. The monoisotopic (exact) mass is 396 g/mol. The first-order valence-electron chi connectivity index (χ1n) is 9.48. The van der Waals surface area contributed by atoms with Crippen molar-refractivity contribution in [2.45, 2.75) is 26.2 Å². The number of thiophene rings is 1.